The van der Waals surface area contributed by atoms with Gasteiger partial charge in [0.2, 0.25) is 0 Å². The van der Waals surface area contributed by atoms with Crippen molar-refractivity contribution < 1.29 is 4.79 Å². The van der Waals surface area contributed by atoms with Gasteiger partial charge in [0, 0.05) is 0 Å². The van der Waals surface area contributed by atoms with Gasteiger partial charge in [0.15, 0.2) is 0 Å². The van der Waals surface area contributed by atoms with Crippen LogP contribution in [0.4, 0.5) is 0 Å². The van der Waals surface area contributed by atoms with Gasteiger partial charge in [0.1, 0.15) is 0 Å². The number of primary amides is 1. The van der Waals surface area contributed by atoms with E-state index in [4.69, 9.17) is 5.73 Å². The van der Waals surface area contributed by atoms with Crippen LogP contribution in [0, 0.1) is 0 Å². The average molecular weight is 189 g/mol. The molecule has 0 spiro atoms. The van der Waals surface area contributed by atoms with E-state index < -0.39 is 14.7 Å². The molecule has 1 amide bonds. The third-order valence-electron chi connectivity index (χ3n) is 0.841. The number of amides is 1. The van der Waals surface area contributed by atoms with Crippen molar-refractivity contribution in [2.24, 2.45) is 5.73 Å². The average Bonchev–Trinajstić information content (AvgIpc) is 1.63. The van der Waals surface area contributed by atoms with Crippen LogP contribution < -0.4 is 5.73 Å². The van der Waals surface area contributed by atoms with Crippen molar-refractivity contribution in [1.82, 2.24) is 0 Å². The summed E-state index contributed by atoms with van der Waals surface area (Å²) >= 11 is -0.805. The van der Waals surface area contributed by atoms with E-state index in [1.165, 1.54) is 0 Å². The Hall–Kier alpha value is -0.232. The summed E-state index contributed by atoms with van der Waals surface area (Å²) in [5.41, 5.74) is 10.0. The maximum atomic E-state index is 10.4. The Balaban J connectivity index is 4.00. The molecule has 9 heavy (non-hydrogen) atoms. The van der Waals surface area contributed by atoms with E-state index in [9.17, 15) is 4.79 Å². The first-order valence-electron chi connectivity index (χ1n) is 2.68. The second kappa shape index (κ2) is 3.73. The predicted molar refractivity (Wildman–Crippen MR) is 40.4 cm³/mol. The van der Waals surface area contributed by atoms with Crippen LogP contribution in [0.3, 0.4) is 0 Å². The second-order valence-electron chi connectivity index (χ2n) is 2.14. The molecule has 0 bridgehead atoms. The Kier molecular flexibility index (Phi) is 3.63. The van der Waals surface area contributed by atoms with Crippen molar-refractivity contribution >= 4 is 20.6 Å². The van der Waals surface area contributed by atoms with Crippen molar-refractivity contribution in [1.29, 1.82) is 0 Å². The van der Waals surface area contributed by atoms with Crippen molar-refractivity contribution in [2.45, 2.75) is 18.3 Å². The van der Waals surface area contributed by atoms with Gasteiger partial charge in [0.25, 0.3) is 0 Å². The molecule has 0 aromatic heterocycles. The molecule has 0 aromatic carbocycles. The molecule has 3 heteroatoms. The number of nitrogens with two attached hydrogens (primary N) is 1. The summed E-state index contributed by atoms with van der Waals surface area (Å²) in [7, 11) is 0. The molecule has 0 aliphatic rings. The first kappa shape index (κ1) is 8.77. The molecule has 2 N–H and O–H groups in total. The Morgan fingerprint density at radius 3 is 2.11 bits per heavy atom. The zero-order chi connectivity index (χ0) is 7.44. The molecular formula is C6H12AsNO. The van der Waals surface area contributed by atoms with Crippen LogP contribution in [-0.2, 0) is 4.79 Å². The van der Waals surface area contributed by atoms with Gasteiger partial charge in [-0.2, -0.15) is 0 Å². The molecule has 0 aromatic rings. The minimum atomic E-state index is -0.805. The summed E-state index contributed by atoms with van der Waals surface area (Å²) in [6, 6.07) is 0. The first-order valence-corrected chi connectivity index (χ1v) is 7.52. The molecule has 0 atom stereocenters. The van der Waals surface area contributed by atoms with Gasteiger partial charge in [-0.15, -0.1) is 0 Å². The summed E-state index contributed by atoms with van der Waals surface area (Å²) in [6.07, 6.45) is 0. The number of rotatable bonds is 2. The van der Waals surface area contributed by atoms with Crippen LogP contribution in [0.5, 0.6) is 0 Å². The van der Waals surface area contributed by atoms with Crippen LogP contribution in [0.15, 0.2) is 10.4 Å². The van der Waals surface area contributed by atoms with Crippen LogP contribution in [0.2, 0.25) is 11.4 Å². The third-order valence-corrected chi connectivity index (χ3v) is 2.74. The number of hydrogen-bond acceptors (Lipinski definition) is 1. The molecule has 0 heterocycles. The standard InChI is InChI=1S/C6H12AsNO/c1-5(6(8)9)4-7(2)3/h4H,1-3H3,(H2,8,9). The monoisotopic (exact) mass is 189 g/mol. The molecule has 52 valence electrons. The van der Waals surface area contributed by atoms with Crippen molar-refractivity contribution in [3.63, 3.8) is 0 Å². The van der Waals surface area contributed by atoms with Gasteiger partial charge in [-0.3, -0.25) is 0 Å². The fraction of sp³-hybridized carbons (Fsp3) is 0.500. The van der Waals surface area contributed by atoms with Crippen LogP contribution >= 0.6 is 0 Å². The number of carbonyl (C=O) groups is 1. The van der Waals surface area contributed by atoms with E-state index in [1.807, 2.05) is 4.86 Å². The van der Waals surface area contributed by atoms with E-state index in [0.717, 1.165) is 0 Å². The van der Waals surface area contributed by atoms with Crippen LogP contribution in [-0.4, -0.2) is 20.6 Å². The van der Waals surface area contributed by atoms with Crippen molar-refractivity contribution in [3.05, 3.63) is 10.4 Å². The van der Waals surface area contributed by atoms with Crippen molar-refractivity contribution in [3.8, 4) is 0 Å². The quantitative estimate of drug-likeness (QED) is 0.504. The maximum absolute atomic E-state index is 10.4. The summed E-state index contributed by atoms with van der Waals surface area (Å²) in [5, 5.41) is 0. The zero-order valence-corrected chi connectivity index (χ0v) is 7.89. The SMILES string of the molecule is CC(=C[As](C)C)C(N)=O. The fourth-order valence-electron chi connectivity index (χ4n) is 0.451. The van der Waals surface area contributed by atoms with Gasteiger partial charge < -0.3 is 0 Å². The summed E-state index contributed by atoms with van der Waals surface area (Å²) in [5.74, 6) is -0.293. The molecule has 0 rings (SSSR count). The first-order chi connectivity index (χ1) is 4.04. The fourth-order valence-corrected chi connectivity index (χ4v) is 2.34. The molecule has 0 saturated carbocycles. The van der Waals surface area contributed by atoms with Gasteiger partial charge >= 0.3 is 59.9 Å². The Bertz CT molecular complexity index is 140. The minimum absolute atomic E-state index is 0.293. The topological polar surface area (TPSA) is 43.1 Å². The number of carbonyl (C=O) groups excluding carboxylic acids is 1. The molecule has 0 aliphatic carbocycles. The van der Waals surface area contributed by atoms with Crippen molar-refractivity contribution in [2.75, 3.05) is 0 Å². The normalized spacial score (nSPS) is 12.2. The molecule has 0 radical (unpaired) electrons. The Morgan fingerprint density at radius 2 is 2.00 bits per heavy atom. The van der Waals surface area contributed by atoms with E-state index >= 15 is 0 Å². The molecule has 0 aliphatic heterocycles. The summed E-state index contributed by atoms with van der Waals surface area (Å²) in [4.78, 5) is 12.4. The molecular weight excluding hydrogens is 177 g/mol. The zero-order valence-electron chi connectivity index (χ0n) is 6.01. The molecule has 2 nitrogen and oxygen atoms in total. The molecule has 0 unspecified atom stereocenters. The van der Waals surface area contributed by atoms with E-state index in [-0.39, 0.29) is 5.91 Å². The summed E-state index contributed by atoms with van der Waals surface area (Å²) in [6.45, 7) is 1.76. The summed E-state index contributed by atoms with van der Waals surface area (Å²) < 4.78 is 0. The van der Waals surface area contributed by atoms with E-state index in [1.54, 1.807) is 6.92 Å². The molecule has 0 saturated heterocycles. The predicted octanol–water partition coefficient (Wildman–Crippen LogP) is 0.712. The second-order valence-corrected chi connectivity index (χ2v) is 6.73. The third kappa shape index (κ3) is 4.28. The van der Waals surface area contributed by atoms with Gasteiger partial charge in [-0.05, 0) is 0 Å². The van der Waals surface area contributed by atoms with Crippen LogP contribution in [0.1, 0.15) is 6.92 Å². The number of hydrogen-bond donors (Lipinski definition) is 1. The van der Waals surface area contributed by atoms with E-state index in [0.29, 0.717) is 5.57 Å². The Morgan fingerprint density at radius 1 is 1.56 bits per heavy atom. The Labute approximate surface area is 60.4 Å². The van der Waals surface area contributed by atoms with Crippen LogP contribution in [0.25, 0.3) is 0 Å². The molecule has 0 fully saturated rings. The van der Waals surface area contributed by atoms with E-state index in [2.05, 4.69) is 11.4 Å². The van der Waals surface area contributed by atoms with Gasteiger partial charge in [-0.1, -0.05) is 0 Å². The van der Waals surface area contributed by atoms with Gasteiger partial charge in [0.05, 0.1) is 0 Å². The van der Waals surface area contributed by atoms with Gasteiger partial charge in [-0.25, -0.2) is 0 Å².